The number of hydrogen-bond acceptors (Lipinski definition) is 11. The first kappa shape index (κ1) is 38.0. The second-order valence-corrected chi connectivity index (χ2v) is 14.8. The van der Waals surface area contributed by atoms with Gasteiger partial charge in [-0.05, 0) is 107 Å². The summed E-state index contributed by atoms with van der Waals surface area (Å²) < 4.78 is 12.7. The number of aliphatic hydroxyl groups excluding tert-OH is 2. The number of aryl methyl sites for hydroxylation is 1. The number of fused-ring (bicyclic) bond motifs is 3. The van der Waals surface area contributed by atoms with E-state index in [4.69, 9.17) is 9.47 Å². The van der Waals surface area contributed by atoms with Crippen molar-refractivity contribution in [1.29, 1.82) is 0 Å². The number of hydrogen-bond donors (Lipinski definition) is 5. The molecule has 0 bridgehead atoms. The summed E-state index contributed by atoms with van der Waals surface area (Å²) in [4.78, 5) is 47.8. The summed E-state index contributed by atoms with van der Waals surface area (Å²) in [6.45, 7) is 4.87. The number of Topliss-reactive ketones (excluding diaryl/α,β-unsaturated/α-hetero) is 2. The lowest BCUT2D eigenvalue weighted by Crippen LogP contribution is -2.54. The number of esters is 1. The van der Waals surface area contributed by atoms with Crippen LogP contribution in [-0.2, 0) is 20.7 Å². The highest BCUT2D eigenvalue weighted by Gasteiger charge is 2.85. The average Bonchev–Trinajstić information content (AvgIpc) is 3.87. The average molecular weight is 715 g/mol. The highest BCUT2D eigenvalue weighted by molar-refractivity contribution is 6.33. The Hall–Kier alpha value is -3.74. The lowest BCUT2D eigenvalue weighted by Gasteiger charge is -2.45. The van der Waals surface area contributed by atoms with Crippen molar-refractivity contribution >= 4 is 23.4 Å². The molecule has 280 valence electrons. The molecule has 11 nitrogen and oxygen atoms in total. The van der Waals surface area contributed by atoms with Crippen LogP contribution in [-0.4, -0.2) is 89.6 Å². The molecule has 4 aliphatic rings. The van der Waals surface area contributed by atoms with Crippen molar-refractivity contribution in [3.63, 3.8) is 0 Å². The summed E-state index contributed by atoms with van der Waals surface area (Å²) in [5, 5.41) is 30.4. The van der Waals surface area contributed by atoms with E-state index < -0.39 is 34.8 Å². The van der Waals surface area contributed by atoms with Crippen molar-refractivity contribution in [3.8, 4) is 0 Å². The number of pyridine rings is 1. The molecule has 1 saturated heterocycles. The summed E-state index contributed by atoms with van der Waals surface area (Å²) in [6, 6.07) is 10.5. The third kappa shape index (κ3) is 7.26. The van der Waals surface area contributed by atoms with Crippen LogP contribution >= 0.6 is 0 Å². The number of allylic oxidation sites excluding steroid dienone is 3. The number of rotatable bonds is 17. The summed E-state index contributed by atoms with van der Waals surface area (Å²) in [7, 11) is 1.85. The second-order valence-electron chi connectivity index (χ2n) is 14.8. The van der Waals surface area contributed by atoms with Crippen molar-refractivity contribution in [2.45, 2.75) is 95.0 Å². The summed E-state index contributed by atoms with van der Waals surface area (Å²) in [6.07, 6.45) is 11.6. The largest absolute Gasteiger partial charge is 0.459 e. The van der Waals surface area contributed by atoms with E-state index >= 15 is 0 Å². The minimum Gasteiger partial charge on any atom is -0.459 e. The maximum Gasteiger partial charge on any atom is 0.350 e. The minimum atomic E-state index is -2.16. The van der Waals surface area contributed by atoms with Gasteiger partial charge in [-0.2, -0.15) is 0 Å². The van der Waals surface area contributed by atoms with Gasteiger partial charge in [0.05, 0.1) is 13.3 Å². The Balaban J connectivity index is 1.29. The topological polar surface area (TPSA) is 162 Å². The molecule has 1 aromatic carbocycles. The zero-order valence-corrected chi connectivity index (χ0v) is 30.7. The maximum atomic E-state index is 14.6. The molecule has 7 unspecified atom stereocenters. The monoisotopic (exact) mass is 714 g/mol. The van der Waals surface area contributed by atoms with E-state index in [9.17, 15) is 24.6 Å². The predicted molar refractivity (Wildman–Crippen MR) is 198 cm³/mol. The van der Waals surface area contributed by atoms with Crippen LogP contribution in [0.25, 0.3) is 0 Å². The van der Waals surface area contributed by atoms with Crippen molar-refractivity contribution in [1.82, 2.24) is 15.6 Å². The number of ketones is 2. The van der Waals surface area contributed by atoms with Crippen LogP contribution in [0.15, 0.2) is 65.9 Å². The van der Waals surface area contributed by atoms with Crippen molar-refractivity contribution in [2.24, 2.45) is 17.8 Å². The van der Waals surface area contributed by atoms with Gasteiger partial charge < -0.3 is 35.6 Å². The Bertz CT molecular complexity index is 1690. The first-order valence-corrected chi connectivity index (χ1v) is 19.0. The van der Waals surface area contributed by atoms with E-state index in [0.717, 1.165) is 49.2 Å². The van der Waals surface area contributed by atoms with Gasteiger partial charge in [-0.15, -0.1) is 0 Å². The number of carbonyl (C=O) groups excluding carboxylic acids is 3. The van der Waals surface area contributed by atoms with Gasteiger partial charge in [0.15, 0.2) is 11.4 Å². The van der Waals surface area contributed by atoms with E-state index in [1.54, 1.807) is 30.5 Å². The van der Waals surface area contributed by atoms with Gasteiger partial charge >= 0.3 is 5.97 Å². The molecule has 0 amide bonds. The molecular weight excluding hydrogens is 660 g/mol. The molecule has 7 atom stereocenters. The first-order valence-electron chi connectivity index (χ1n) is 19.0. The van der Waals surface area contributed by atoms with Gasteiger partial charge in [-0.25, -0.2) is 9.78 Å². The van der Waals surface area contributed by atoms with Crippen LogP contribution < -0.4 is 16.0 Å². The number of aliphatic hydroxyl groups is 2. The lowest BCUT2D eigenvalue weighted by molar-refractivity contribution is -0.159. The number of aromatic nitrogens is 1. The number of epoxide rings is 1. The third-order valence-electron chi connectivity index (χ3n) is 11.7. The maximum absolute atomic E-state index is 14.6. The Morgan fingerprint density at radius 2 is 1.92 bits per heavy atom. The van der Waals surface area contributed by atoms with Crippen LogP contribution in [0.5, 0.6) is 0 Å². The van der Waals surface area contributed by atoms with Crippen molar-refractivity contribution in [2.75, 3.05) is 38.8 Å². The van der Waals surface area contributed by atoms with Gasteiger partial charge in [0, 0.05) is 42.3 Å². The van der Waals surface area contributed by atoms with Crippen LogP contribution in [0.1, 0.15) is 91.5 Å². The number of benzene rings is 1. The lowest BCUT2D eigenvalue weighted by atomic mass is 9.66. The minimum absolute atomic E-state index is 0.0355. The fraction of sp³-hybridized carbons (Fsp3) is 0.561. The number of nitrogens with one attached hydrogen (secondary N) is 3. The zero-order chi connectivity index (χ0) is 36.9. The molecule has 0 spiro atoms. The van der Waals surface area contributed by atoms with Gasteiger partial charge in [-0.1, -0.05) is 48.9 Å². The molecule has 1 saturated carbocycles. The van der Waals surface area contributed by atoms with E-state index in [1.807, 2.05) is 26.1 Å². The van der Waals surface area contributed by atoms with E-state index in [0.29, 0.717) is 49.8 Å². The zero-order valence-electron chi connectivity index (χ0n) is 30.7. The molecule has 2 heterocycles. The van der Waals surface area contributed by atoms with Crippen molar-refractivity contribution in [3.05, 3.63) is 82.6 Å². The molecule has 6 rings (SSSR count). The number of ether oxygens (including phenoxy) is 2. The molecule has 52 heavy (non-hydrogen) atoms. The number of anilines is 1. The van der Waals surface area contributed by atoms with E-state index in [-0.39, 0.29) is 42.7 Å². The molecule has 0 radical (unpaired) electrons. The molecule has 1 aliphatic heterocycles. The van der Waals surface area contributed by atoms with Gasteiger partial charge in [-0.3, -0.25) is 9.59 Å². The Labute approximate surface area is 306 Å². The number of carbonyl (C=O) groups is 3. The second kappa shape index (κ2) is 16.5. The normalized spacial score (nSPS) is 28.6. The molecule has 2 fully saturated rings. The molecule has 1 aromatic heterocycles. The Morgan fingerprint density at radius 1 is 1.13 bits per heavy atom. The highest BCUT2D eigenvalue weighted by atomic mass is 16.7. The van der Waals surface area contributed by atoms with Gasteiger partial charge in [0.25, 0.3) is 5.60 Å². The Kier molecular flexibility index (Phi) is 12.1. The van der Waals surface area contributed by atoms with Crippen LogP contribution in [0.2, 0.25) is 0 Å². The van der Waals surface area contributed by atoms with E-state index in [2.05, 4.69) is 40.0 Å². The van der Waals surface area contributed by atoms with Crippen LogP contribution in [0, 0.1) is 17.8 Å². The van der Waals surface area contributed by atoms with Crippen LogP contribution in [0.3, 0.4) is 0 Å². The fourth-order valence-electron chi connectivity index (χ4n) is 8.83. The molecule has 2 aromatic rings. The van der Waals surface area contributed by atoms with Gasteiger partial charge in [0.2, 0.25) is 5.78 Å². The number of nitrogens with zero attached hydrogens (tertiary/aromatic N) is 1. The summed E-state index contributed by atoms with van der Waals surface area (Å²) in [5.74, 6) is -0.289. The fourth-order valence-corrected chi connectivity index (χ4v) is 8.83. The SMILES string of the molecule is CCNC1CC2C=CCCC2CC1C(CCCO)OC(=O)C12OC1(CC(CO)=C(C)CCc1ccnc(NCNC)c1)C(=O)c1ccccc1C2=O. The highest BCUT2D eigenvalue weighted by Crippen LogP contribution is 2.60. The van der Waals surface area contributed by atoms with Gasteiger partial charge in [0.1, 0.15) is 11.9 Å². The molecule has 5 N–H and O–H groups in total. The Morgan fingerprint density at radius 3 is 2.65 bits per heavy atom. The van der Waals surface area contributed by atoms with Crippen LogP contribution in [0.4, 0.5) is 5.82 Å². The molecule has 3 aliphatic carbocycles. The quantitative estimate of drug-likeness (QED) is 0.0514. The standard InChI is InChI=1S/C41H54N4O7/c1-4-43-34-22-29-11-6-5-10-28(29)21-33(34)35(14-9-19-46)51-39(50)41-38(49)32-13-8-7-12-31(32)37(48)40(41,52-41)23-30(24-47)26(2)15-16-27-17-18-44-36(20-27)45-25-42-3/h6-8,11-13,17-18,20,28-29,33-35,42-43,46-47H,4-5,9-10,14-16,19,21-25H2,1-3H3,(H,44,45). The summed E-state index contributed by atoms with van der Waals surface area (Å²) >= 11 is 0. The first-order chi connectivity index (χ1) is 25.2. The predicted octanol–water partition coefficient (Wildman–Crippen LogP) is 4.54. The summed E-state index contributed by atoms with van der Waals surface area (Å²) in [5.41, 5.74) is -1.21. The third-order valence-corrected chi connectivity index (χ3v) is 11.7. The van der Waals surface area contributed by atoms with Crippen molar-refractivity contribution < 1.29 is 34.1 Å². The smallest absolute Gasteiger partial charge is 0.350 e. The molecular formula is C41H54N4O7. The molecule has 11 heteroatoms. The van der Waals surface area contributed by atoms with E-state index in [1.165, 1.54) is 0 Å².